The first-order valence-corrected chi connectivity index (χ1v) is 7.41. The molecule has 1 aromatic rings. The van der Waals surface area contributed by atoms with Crippen LogP contribution in [0.1, 0.15) is 31.9 Å². The fourth-order valence-corrected chi connectivity index (χ4v) is 2.94. The van der Waals surface area contributed by atoms with E-state index in [-0.39, 0.29) is 12.1 Å². The summed E-state index contributed by atoms with van der Waals surface area (Å²) in [5.74, 6) is 0.917. The molecule has 4 heteroatoms. The van der Waals surface area contributed by atoms with Crippen molar-refractivity contribution in [1.29, 1.82) is 0 Å². The smallest absolute Gasteiger partial charge is 0.123 e. The molecule has 0 aliphatic carbocycles. The van der Waals surface area contributed by atoms with Crippen molar-refractivity contribution in [2.75, 3.05) is 26.9 Å². The minimum absolute atomic E-state index is 0.0897. The minimum Gasteiger partial charge on any atom is -0.496 e. The second-order valence-electron chi connectivity index (χ2n) is 5.42. The van der Waals surface area contributed by atoms with Gasteiger partial charge in [-0.1, -0.05) is 25.1 Å². The fourth-order valence-electron chi connectivity index (χ4n) is 2.94. The Kier molecular flexibility index (Phi) is 5.40. The molecule has 0 radical (unpaired) electrons. The average molecular weight is 278 g/mol. The maximum atomic E-state index is 6.43. The number of hydrogen-bond donors (Lipinski definition) is 1. The van der Waals surface area contributed by atoms with Crippen LogP contribution < -0.4 is 10.5 Å². The molecule has 2 N–H and O–H groups in total. The minimum atomic E-state index is 0.0897. The first-order chi connectivity index (χ1) is 9.69. The lowest BCUT2D eigenvalue weighted by Crippen LogP contribution is -2.50. The Morgan fingerprint density at radius 3 is 2.85 bits per heavy atom. The lowest BCUT2D eigenvalue weighted by atomic mass is 9.94. The molecule has 4 nitrogen and oxygen atoms in total. The summed E-state index contributed by atoms with van der Waals surface area (Å²) in [5, 5.41) is 0. The van der Waals surface area contributed by atoms with Gasteiger partial charge in [-0.3, -0.25) is 4.90 Å². The number of ether oxygens (including phenoxy) is 2. The van der Waals surface area contributed by atoms with Crippen LogP contribution >= 0.6 is 0 Å². The summed E-state index contributed by atoms with van der Waals surface area (Å²) < 4.78 is 11.1. The van der Waals surface area contributed by atoms with E-state index in [0.29, 0.717) is 6.04 Å². The number of rotatable bonds is 5. The molecule has 1 aliphatic rings. The van der Waals surface area contributed by atoms with Gasteiger partial charge in [-0.05, 0) is 19.4 Å². The Morgan fingerprint density at radius 1 is 1.45 bits per heavy atom. The molecule has 0 spiro atoms. The normalized spacial score (nSPS) is 23.3. The summed E-state index contributed by atoms with van der Waals surface area (Å²) in [4.78, 5) is 2.45. The largest absolute Gasteiger partial charge is 0.496 e. The van der Waals surface area contributed by atoms with Crippen LogP contribution in [0.2, 0.25) is 0 Å². The predicted molar refractivity (Wildman–Crippen MR) is 81.0 cm³/mol. The van der Waals surface area contributed by atoms with Crippen molar-refractivity contribution >= 4 is 0 Å². The van der Waals surface area contributed by atoms with Crippen LogP contribution in [-0.2, 0) is 4.74 Å². The SMILES string of the molecule is CCC(N)C(c1ccccc1OC)N1CCOCC1C. The van der Waals surface area contributed by atoms with Crippen LogP contribution in [0, 0.1) is 0 Å². The second kappa shape index (κ2) is 7.07. The van der Waals surface area contributed by atoms with Gasteiger partial charge >= 0.3 is 0 Å². The molecular weight excluding hydrogens is 252 g/mol. The van der Waals surface area contributed by atoms with Crippen molar-refractivity contribution in [2.24, 2.45) is 5.73 Å². The molecule has 20 heavy (non-hydrogen) atoms. The molecule has 0 amide bonds. The third-order valence-corrected chi connectivity index (χ3v) is 4.11. The van der Waals surface area contributed by atoms with Crippen molar-refractivity contribution in [1.82, 2.24) is 4.90 Å². The molecule has 0 bridgehead atoms. The molecule has 1 fully saturated rings. The zero-order chi connectivity index (χ0) is 14.5. The Balaban J connectivity index is 2.36. The van der Waals surface area contributed by atoms with Crippen molar-refractivity contribution in [3.8, 4) is 5.75 Å². The van der Waals surface area contributed by atoms with E-state index in [1.165, 1.54) is 5.56 Å². The van der Waals surface area contributed by atoms with E-state index in [1.54, 1.807) is 7.11 Å². The molecule has 112 valence electrons. The van der Waals surface area contributed by atoms with Gasteiger partial charge in [0.25, 0.3) is 0 Å². The van der Waals surface area contributed by atoms with Gasteiger partial charge in [-0.2, -0.15) is 0 Å². The quantitative estimate of drug-likeness (QED) is 0.897. The summed E-state index contributed by atoms with van der Waals surface area (Å²) in [6, 6.07) is 8.83. The summed E-state index contributed by atoms with van der Waals surface area (Å²) in [7, 11) is 1.72. The highest BCUT2D eigenvalue weighted by molar-refractivity contribution is 5.37. The monoisotopic (exact) mass is 278 g/mol. The number of morpholine rings is 1. The van der Waals surface area contributed by atoms with Crippen LogP contribution in [0.3, 0.4) is 0 Å². The van der Waals surface area contributed by atoms with Gasteiger partial charge in [0.1, 0.15) is 5.75 Å². The van der Waals surface area contributed by atoms with E-state index < -0.39 is 0 Å². The van der Waals surface area contributed by atoms with Gasteiger partial charge in [0.15, 0.2) is 0 Å². The molecule has 1 heterocycles. The van der Waals surface area contributed by atoms with Crippen molar-refractivity contribution in [2.45, 2.75) is 38.4 Å². The maximum absolute atomic E-state index is 6.43. The summed E-state index contributed by atoms with van der Waals surface area (Å²) in [6.07, 6.45) is 0.937. The van der Waals surface area contributed by atoms with E-state index in [9.17, 15) is 0 Å². The Labute approximate surface area is 121 Å². The van der Waals surface area contributed by atoms with Crippen LogP contribution in [0.15, 0.2) is 24.3 Å². The molecule has 2 rings (SSSR count). The molecule has 0 aromatic heterocycles. The van der Waals surface area contributed by atoms with E-state index in [0.717, 1.165) is 31.9 Å². The standard InChI is InChI=1S/C16H26N2O2/c1-4-14(17)16(18-9-10-20-11-12(18)2)13-7-5-6-8-15(13)19-3/h5-8,12,14,16H,4,9-11,17H2,1-3H3. The predicted octanol–water partition coefficient (Wildman–Crippen LogP) is 2.19. The molecule has 0 saturated carbocycles. The topological polar surface area (TPSA) is 47.7 Å². The number of para-hydroxylation sites is 1. The van der Waals surface area contributed by atoms with Gasteiger partial charge in [-0.25, -0.2) is 0 Å². The molecular formula is C16H26N2O2. The summed E-state index contributed by atoms with van der Waals surface area (Å²) >= 11 is 0. The highest BCUT2D eigenvalue weighted by atomic mass is 16.5. The van der Waals surface area contributed by atoms with Gasteiger partial charge in [-0.15, -0.1) is 0 Å². The number of hydrogen-bond acceptors (Lipinski definition) is 4. The van der Waals surface area contributed by atoms with Gasteiger partial charge in [0.2, 0.25) is 0 Å². The molecule has 1 aliphatic heterocycles. The van der Waals surface area contributed by atoms with Crippen LogP contribution in [0.4, 0.5) is 0 Å². The number of nitrogens with zero attached hydrogens (tertiary/aromatic N) is 1. The van der Waals surface area contributed by atoms with Crippen LogP contribution in [0.5, 0.6) is 5.75 Å². The van der Waals surface area contributed by atoms with Crippen LogP contribution in [0.25, 0.3) is 0 Å². The fraction of sp³-hybridized carbons (Fsp3) is 0.625. The second-order valence-corrected chi connectivity index (χ2v) is 5.42. The lowest BCUT2D eigenvalue weighted by molar-refractivity contribution is -0.0286. The first kappa shape index (κ1) is 15.3. The molecule has 1 aromatic carbocycles. The first-order valence-electron chi connectivity index (χ1n) is 7.41. The summed E-state index contributed by atoms with van der Waals surface area (Å²) in [6.45, 7) is 6.79. The Hall–Kier alpha value is -1.10. The number of methoxy groups -OCH3 is 1. The maximum Gasteiger partial charge on any atom is 0.123 e. The highest BCUT2D eigenvalue weighted by Gasteiger charge is 2.32. The highest BCUT2D eigenvalue weighted by Crippen LogP contribution is 2.34. The number of nitrogens with two attached hydrogens (primary N) is 1. The number of benzene rings is 1. The molecule has 3 unspecified atom stereocenters. The van der Waals surface area contributed by atoms with E-state index in [1.807, 2.05) is 12.1 Å². The van der Waals surface area contributed by atoms with Crippen molar-refractivity contribution < 1.29 is 9.47 Å². The third-order valence-electron chi connectivity index (χ3n) is 4.11. The van der Waals surface area contributed by atoms with E-state index in [2.05, 4.69) is 30.9 Å². The zero-order valence-corrected chi connectivity index (χ0v) is 12.7. The zero-order valence-electron chi connectivity index (χ0n) is 12.7. The van der Waals surface area contributed by atoms with Crippen molar-refractivity contribution in [3.63, 3.8) is 0 Å². The lowest BCUT2D eigenvalue weighted by Gasteiger charge is -2.42. The molecule has 3 atom stereocenters. The average Bonchev–Trinajstić information content (AvgIpc) is 2.49. The van der Waals surface area contributed by atoms with Crippen LogP contribution in [-0.4, -0.2) is 43.9 Å². The van der Waals surface area contributed by atoms with Gasteiger partial charge < -0.3 is 15.2 Å². The summed E-state index contributed by atoms with van der Waals surface area (Å²) in [5.41, 5.74) is 7.61. The Bertz CT molecular complexity index is 425. The van der Waals surface area contributed by atoms with Gasteiger partial charge in [0.05, 0.1) is 26.4 Å². The van der Waals surface area contributed by atoms with Crippen molar-refractivity contribution in [3.05, 3.63) is 29.8 Å². The van der Waals surface area contributed by atoms with E-state index >= 15 is 0 Å². The third kappa shape index (κ3) is 3.14. The van der Waals surface area contributed by atoms with E-state index in [4.69, 9.17) is 15.2 Å². The van der Waals surface area contributed by atoms with Gasteiger partial charge in [0, 0.05) is 24.2 Å². The molecule has 1 saturated heterocycles. The Morgan fingerprint density at radius 2 is 2.20 bits per heavy atom.